The van der Waals surface area contributed by atoms with E-state index < -0.39 is 5.97 Å². The first-order valence-corrected chi connectivity index (χ1v) is 1.12. The molecule has 0 saturated carbocycles. The maximum atomic E-state index is 9.25. The van der Waals surface area contributed by atoms with Gasteiger partial charge in [0, 0.05) is 6.08 Å². The van der Waals surface area contributed by atoms with Gasteiger partial charge in [-0.25, -0.2) is 4.79 Å². The molecule has 0 aliphatic carbocycles. The molecule has 1 N–H and O–H groups in total. The van der Waals surface area contributed by atoms with E-state index in [-0.39, 0.29) is 31.0 Å². The Kier molecular flexibility index (Phi) is 8.26. The molecule has 0 fully saturated rings. The second-order valence-corrected chi connectivity index (χ2v) is 0.542. The number of hydrogen-bond donors (Lipinski definition) is 1. The second kappa shape index (κ2) is 5.21. The maximum Gasteiger partial charge on any atom is 1.00 e. The van der Waals surface area contributed by atoms with Gasteiger partial charge >= 0.3 is 37.0 Å². The summed E-state index contributed by atoms with van der Waals surface area (Å²) in [6, 6.07) is 0. The Balaban J connectivity index is -0.0000000800. The molecule has 0 aromatic heterocycles. The average Bonchev–Trinajstić information content (AvgIpc) is 1.38. The molecule has 0 aliphatic heterocycles. The molecular weight excluding hydrogens is 91.0 g/mol. The molecule has 0 radical (unpaired) electrons. The van der Waals surface area contributed by atoms with Crippen LogP contribution in [0.2, 0.25) is 0 Å². The summed E-state index contributed by atoms with van der Waals surface area (Å²) in [4.78, 5) is 9.25. The Hall–Kier alpha value is 0.210. The zero-order valence-corrected chi connectivity index (χ0v) is 5.64. The molecule has 0 bridgehead atoms. The van der Waals surface area contributed by atoms with Gasteiger partial charge in [0.25, 0.3) is 0 Å². The number of hydrogen-bond acceptors (Lipinski definition) is 1. The summed E-state index contributed by atoms with van der Waals surface area (Å²) in [5, 5.41) is 7.60. The number of aliphatic carboxylic acids is 1. The summed E-state index contributed by atoms with van der Waals surface area (Å²) >= 11 is 0. The molecule has 6 heavy (non-hydrogen) atoms. The van der Waals surface area contributed by atoms with E-state index in [1.54, 1.807) is 0 Å². The molecule has 0 saturated heterocycles. The minimum Gasteiger partial charge on any atom is -0.478 e. The van der Waals surface area contributed by atoms with Crippen molar-refractivity contribution >= 4 is 5.97 Å². The van der Waals surface area contributed by atoms with Crippen LogP contribution in [0.15, 0.2) is 12.7 Å². The van der Waals surface area contributed by atoms with Gasteiger partial charge in [0.15, 0.2) is 0 Å². The van der Waals surface area contributed by atoms with Crippen molar-refractivity contribution in [3.05, 3.63) is 12.7 Å². The van der Waals surface area contributed by atoms with E-state index in [1.807, 2.05) is 0 Å². The molecule has 0 atom stereocenters. The summed E-state index contributed by atoms with van der Waals surface area (Å²) in [5.74, 6) is -0.981. The molecule has 0 rings (SSSR count). The van der Waals surface area contributed by atoms with Gasteiger partial charge in [0.2, 0.25) is 0 Å². The predicted octanol–water partition coefficient (Wildman–Crippen LogP) is -2.63. The Morgan fingerprint density at radius 3 is 2.17 bits per heavy atom. The summed E-state index contributed by atoms with van der Waals surface area (Å²) in [6.07, 6.45) is 0.833. The predicted molar refractivity (Wildman–Crippen MR) is 18.9 cm³/mol. The Morgan fingerprint density at radius 1 is 2.00 bits per heavy atom. The quantitative estimate of drug-likeness (QED) is 0.286. The van der Waals surface area contributed by atoms with Gasteiger partial charge in [-0.05, 0) is 0 Å². The van der Waals surface area contributed by atoms with E-state index >= 15 is 0 Å². The molecule has 0 aliphatic rings. The van der Waals surface area contributed by atoms with Crippen molar-refractivity contribution in [3.8, 4) is 0 Å². The van der Waals surface area contributed by atoms with Gasteiger partial charge in [0.1, 0.15) is 0 Å². The van der Waals surface area contributed by atoms with Crippen LogP contribution in [0, 0.1) is 0 Å². The third-order valence-corrected chi connectivity index (χ3v) is 0.175. The van der Waals surface area contributed by atoms with Crippen molar-refractivity contribution < 1.29 is 40.9 Å². The Labute approximate surface area is 59.6 Å². The van der Waals surface area contributed by atoms with Crippen molar-refractivity contribution in [1.82, 2.24) is 0 Å². The fourth-order valence-corrected chi connectivity index (χ4v) is 0. The van der Waals surface area contributed by atoms with E-state index in [1.165, 1.54) is 0 Å². The summed E-state index contributed by atoms with van der Waals surface area (Å²) < 4.78 is 0. The van der Waals surface area contributed by atoms with Gasteiger partial charge in [-0.15, -0.1) is 0 Å². The molecule has 0 amide bonds. The molecule has 28 valence electrons. The molecule has 3 heteroatoms. The van der Waals surface area contributed by atoms with Gasteiger partial charge < -0.3 is 5.11 Å². The van der Waals surface area contributed by atoms with E-state index in [0.717, 1.165) is 6.08 Å². The molecule has 0 spiro atoms. The molecular formula is C3H5NaO2+2. The second-order valence-electron chi connectivity index (χ2n) is 0.542. The molecule has 0 aromatic rings. The first kappa shape index (κ1) is 9.51. The number of carboxylic acids is 1. The smallest absolute Gasteiger partial charge is 0.478 e. The molecule has 0 unspecified atom stereocenters. The van der Waals surface area contributed by atoms with Crippen LogP contribution in [-0.2, 0) is 4.79 Å². The van der Waals surface area contributed by atoms with Crippen molar-refractivity contribution in [2.75, 3.05) is 0 Å². The van der Waals surface area contributed by atoms with E-state index in [9.17, 15) is 4.79 Å². The first-order chi connectivity index (χ1) is 2.27. The van der Waals surface area contributed by atoms with Gasteiger partial charge in [-0.1, -0.05) is 6.58 Å². The first-order valence-electron chi connectivity index (χ1n) is 1.12. The molecule has 0 heterocycles. The summed E-state index contributed by atoms with van der Waals surface area (Å²) in [7, 11) is 0. The minimum atomic E-state index is -0.981. The van der Waals surface area contributed by atoms with Crippen molar-refractivity contribution in [1.29, 1.82) is 0 Å². The zero-order valence-electron chi connectivity index (χ0n) is 4.64. The average molecular weight is 96.1 g/mol. The van der Waals surface area contributed by atoms with Gasteiger partial charge in [-0.2, -0.15) is 0 Å². The number of carboxylic acid groups (broad SMARTS) is 1. The van der Waals surface area contributed by atoms with Crippen molar-refractivity contribution in [3.63, 3.8) is 0 Å². The van der Waals surface area contributed by atoms with Crippen LogP contribution in [0.1, 0.15) is 1.43 Å². The Bertz CT molecular complexity index is 64.0. The van der Waals surface area contributed by atoms with Crippen LogP contribution in [0.5, 0.6) is 0 Å². The zero-order chi connectivity index (χ0) is 4.28. The minimum absolute atomic E-state index is 0. The third-order valence-electron chi connectivity index (χ3n) is 0.175. The fraction of sp³-hybridized carbons (Fsp3) is 0. The monoisotopic (exact) mass is 96.0 g/mol. The van der Waals surface area contributed by atoms with Crippen LogP contribution in [0.3, 0.4) is 0 Å². The maximum absolute atomic E-state index is 9.25. The topological polar surface area (TPSA) is 37.3 Å². The van der Waals surface area contributed by atoms with Crippen molar-refractivity contribution in [2.24, 2.45) is 0 Å². The van der Waals surface area contributed by atoms with Crippen LogP contribution in [0.4, 0.5) is 0 Å². The summed E-state index contributed by atoms with van der Waals surface area (Å²) in [6.45, 7) is 2.96. The number of carbonyl (C=O) groups is 1. The van der Waals surface area contributed by atoms with E-state index in [4.69, 9.17) is 5.11 Å². The van der Waals surface area contributed by atoms with Crippen LogP contribution < -0.4 is 29.6 Å². The molecule has 2 nitrogen and oxygen atoms in total. The number of rotatable bonds is 1. The van der Waals surface area contributed by atoms with Gasteiger partial charge in [-0.3, -0.25) is 0 Å². The van der Waals surface area contributed by atoms with Crippen LogP contribution in [-0.4, -0.2) is 11.1 Å². The largest absolute Gasteiger partial charge is 1.00 e. The van der Waals surface area contributed by atoms with E-state index in [2.05, 4.69) is 6.58 Å². The summed E-state index contributed by atoms with van der Waals surface area (Å²) in [5.41, 5.74) is 0. The molecule has 0 aromatic carbocycles. The third kappa shape index (κ3) is 8.88. The SMILES string of the molecule is C=CC(=O)O.[H+].[Na+]. The Morgan fingerprint density at radius 2 is 2.17 bits per heavy atom. The normalized spacial score (nSPS) is 5.33. The van der Waals surface area contributed by atoms with Crippen LogP contribution >= 0.6 is 0 Å². The van der Waals surface area contributed by atoms with Crippen molar-refractivity contribution in [2.45, 2.75) is 0 Å². The van der Waals surface area contributed by atoms with Gasteiger partial charge in [0.05, 0.1) is 0 Å². The van der Waals surface area contributed by atoms with E-state index in [0.29, 0.717) is 0 Å². The standard InChI is InChI=1S/C3H4O2.Na/c1-2-3(4)5;/h2H,1H2,(H,4,5);/q;+1/p+1. The van der Waals surface area contributed by atoms with Crippen LogP contribution in [0.25, 0.3) is 0 Å². The fourth-order valence-electron chi connectivity index (χ4n) is 0.